The van der Waals surface area contributed by atoms with Gasteiger partial charge in [-0.2, -0.15) is 5.10 Å². The monoisotopic (exact) mass is 350 g/mol. The van der Waals surface area contributed by atoms with Crippen LogP contribution in [0.15, 0.2) is 36.7 Å². The molecular weight excluding hydrogens is 328 g/mol. The Morgan fingerprint density at radius 3 is 2.79 bits per heavy atom. The predicted octanol–water partition coefficient (Wildman–Crippen LogP) is 1.80. The SMILES string of the molecule is COc1ccc(Cn2cc(C(=O)N3CCNC[C@H]3C)cn2)cc1.Cl. The van der Waals surface area contributed by atoms with Crippen LogP contribution in [0.4, 0.5) is 0 Å². The molecule has 0 radical (unpaired) electrons. The van der Waals surface area contributed by atoms with E-state index < -0.39 is 0 Å². The Labute approximate surface area is 148 Å². The number of amides is 1. The van der Waals surface area contributed by atoms with E-state index in [9.17, 15) is 4.79 Å². The van der Waals surface area contributed by atoms with E-state index in [1.807, 2.05) is 35.4 Å². The van der Waals surface area contributed by atoms with Crippen molar-refractivity contribution in [1.29, 1.82) is 0 Å². The molecule has 2 aromatic rings. The van der Waals surface area contributed by atoms with Crippen molar-refractivity contribution < 1.29 is 9.53 Å². The number of nitrogens with zero attached hydrogens (tertiary/aromatic N) is 3. The summed E-state index contributed by atoms with van der Waals surface area (Å²) in [6.07, 6.45) is 3.47. The minimum absolute atomic E-state index is 0. The van der Waals surface area contributed by atoms with Crippen molar-refractivity contribution in [3.05, 3.63) is 47.8 Å². The topological polar surface area (TPSA) is 59.4 Å². The number of hydrogen-bond acceptors (Lipinski definition) is 4. The first-order valence-electron chi connectivity index (χ1n) is 7.84. The Bertz CT molecular complexity index is 671. The highest BCUT2D eigenvalue weighted by atomic mass is 35.5. The number of rotatable bonds is 4. The second-order valence-electron chi connectivity index (χ2n) is 5.83. The number of halogens is 1. The molecule has 0 bridgehead atoms. The van der Waals surface area contributed by atoms with Gasteiger partial charge in [0.15, 0.2) is 0 Å². The second kappa shape index (κ2) is 8.17. The van der Waals surface area contributed by atoms with Gasteiger partial charge in [-0.1, -0.05) is 12.1 Å². The predicted molar refractivity (Wildman–Crippen MR) is 94.9 cm³/mol. The van der Waals surface area contributed by atoms with Gasteiger partial charge in [0, 0.05) is 31.9 Å². The summed E-state index contributed by atoms with van der Waals surface area (Å²) < 4.78 is 6.95. The van der Waals surface area contributed by atoms with Crippen LogP contribution in [0.3, 0.4) is 0 Å². The van der Waals surface area contributed by atoms with Gasteiger partial charge in [0.25, 0.3) is 5.91 Å². The molecule has 1 saturated heterocycles. The molecule has 2 heterocycles. The molecule has 1 fully saturated rings. The average Bonchev–Trinajstić information content (AvgIpc) is 3.04. The third-order valence-electron chi connectivity index (χ3n) is 4.15. The van der Waals surface area contributed by atoms with Gasteiger partial charge < -0.3 is 15.0 Å². The zero-order chi connectivity index (χ0) is 16.2. The van der Waals surface area contributed by atoms with Gasteiger partial charge >= 0.3 is 0 Å². The summed E-state index contributed by atoms with van der Waals surface area (Å²) in [5, 5.41) is 7.61. The second-order valence-corrected chi connectivity index (χ2v) is 5.83. The van der Waals surface area contributed by atoms with E-state index in [0.29, 0.717) is 12.1 Å². The smallest absolute Gasteiger partial charge is 0.257 e. The lowest BCUT2D eigenvalue weighted by atomic mass is 10.2. The molecule has 24 heavy (non-hydrogen) atoms. The molecule has 1 N–H and O–H groups in total. The van der Waals surface area contributed by atoms with Crippen LogP contribution in [0.1, 0.15) is 22.8 Å². The van der Waals surface area contributed by atoms with E-state index in [1.165, 1.54) is 0 Å². The number of carbonyl (C=O) groups is 1. The summed E-state index contributed by atoms with van der Waals surface area (Å²) in [5.74, 6) is 0.887. The molecule has 1 aliphatic rings. The molecule has 0 spiro atoms. The van der Waals surface area contributed by atoms with Crippen molar-refractivity contribution in [2.24, 2.45) is 0 Å². The molecule has 7 heteroatoms. The molecule has 1 aliphatic heterocycles. The quantitative estimate of drug-likeness (QED) is 0.913. The van der Waals surface area contributed by atoms with Crippen molar-refractivity contribution in [1.82, 2.24) is 20.0 Å². The van der Waals surface area contributed by atoms with Crippen LogP contribution >= 0.6 is 12.4 Å². The summed E-state index contributed by atoms with van der Waals surface area (Å²) in [7, 11) is 1.65. The summed E-state index contributed by atoms with van der Waals surface area (Å²) in [5.41, 5.74) is 1.76. The van der Waals surface area contributed by atoms with Gasteiger partial charge in [-0.05, 0) is 24.6 Å². The van der Waals surface area contributed by atoms with E-state index in [0.717, 1.165) is 30.9 Å². The van der Waals surface area contributed by atoms with Crippen LogP contribution in [-0.4, -0.2) is 53.4 Å². The number of hydrogen-bond donors (Lipinski definition) is 1. The molecule has 1 atom stereocenters. The fourth-order valence-electron chi connectivity index (χ4n) is 2.79. The minimum atomic E-state index is 0. The van der Waals surface area contributed by atoms with Gasteiger partial charge in [-0.3, -0.25) is 9.48 Å². The van der Waals surface area contributed by atoms with Crippen molar-refractivity contribution in [3.8, 4) is 5.75 Å². The van der Waals surface area contributed by atoms with E-state index in [-0.39, 0.29) is 24.4 Å². The highest BCUT2D eigenvalue weighted by Gasteiger charge is 2.24. The van der Waals surface area contributed by atoms with Crippen LogP contribution in [0, 0.1) is 0 Å². The van der Waals surface area contributed by atoms with Crippen LogP contribution in [0.25, 0.3) is 0 Å². The van der Waals surface area contributed by atoms with E-state index in [1.54, 1.807) is 18.0 Å². The fraction of sp³-hybridized carbons (Fsp3) is 0.412. The highest BCUT2D eigenvalue weighted by Crippen LogP contribution is 2.14. The lowest BCUT2D eigenvalue weighted by molar-refractivity contribution is 0.0655. The number of piperazine rings is 1. The Balaban J connectivity index is 0.00000208. The van der Waals surface area contributed by atoms with Crippen molar-refractivity contribution >= 4 is 18.3 Å². The van der Waals surface area contributed by atoms with Gasteiger partial charge in [-0.25, -0.2) is 0 Å². The lowest BCUT2D eigenvalue weighted by Gasteiger charge is -2.33. The molecule has 1 aromatic heterocycles. The maximum absolute atomic E-state index is 12.6. The first-order chi connectivity index (χ1) is 11.2. The standard InChI is InChI=1S/C17H22N4O2.ClH/c1-13-9-18-7-8-21(13)17(22)15-10-19-20(12-15)11-14-3-5-16(23-2)6-4-14;/h3-6,10,12-13,18H,7-9,11H2,1-2H3;1H/t13-;/m1./s1. The summed E-state index contributed by atoms with van der Waals surface area (Å²) in [6, 6.07) is 8.06. The molecule has 130 valence electrons. The fourth-order valence-corrected chi connectivity index (χ4v) is 2.79. The molecule has 1 aromatic carbocycles. The molecular formula is C17H23ClN4O2. The van der Waals surface area contributed by atoms with E-state index >= 15 is 0 Å². The normalized spacial score (nSPS) is 17.2. The zero-order valence-electron chi connectivity index (χ0n) is 13.9. The van der Waals surface area contributed by atoms with Crippen molar-refractivity contribution in [2.75, 3.05) is 26.7 Å². The molecule has 0 aliphatic carbocycles. The van der Waals surface area contributed by atoms with Crippen LogP contribution in [0.5, 0.6) is 5.75 Å². The first kappa shape index (κ1) is 18.3. The highest BCUT2D eigenvalue weighted by molar-refractivity contribution is 5.94. The molecule has 3 rings (SSSR count). The molecule has 0 saturated carbocycles. The molecule has 6 nitrogen and oxygen atoms in total. The average molecular weight is 351 g/mol. The van der Waals surface area contributed by atoms with Crippen molar-refractivity contribution in [2.45, 2.75) is 19.5 Å². The maximum Gasteiger partial charge on any atom is 0.257 e. The number of ether oxygens (including phenoxy) is 1. The largest absolute Gasteiger partial charge is 0.497 e. The number of benzene rings is 1. The van der Waals surface area contributed by atoms with Crippen LogP contribution in [-0.2, 0) is 6.54 Å². The Hall–Kier alpha value is -2.05. The zero-order valence-corrected chi connectivity index (χ0v) is 14.8. The summed E-state index contributed by atoms with van der Waals surface area (Å²) in [6.45, 7) is 5.12. The van der Waals surface area contributed by atoms with Crippen LogP contribution < -0.4 is 10.1 Å². The Morgan fingerprint density at radius 1 is 1.38 bits per heavy atom. The van der Waals surface area contributed by atoms with Crippen molar-refractivity contribution in [3.63, 3.8) is 0 Å². The van der Waals surface area contributed by atoms with E-state index in [4.69, 9.17) is 4.74 Å². The third kappa shape index (κ3) is 4.07. The van der Waals surface area contributed by atoms with Crippen LogP contribution in [0.2, 0.25) is 0 Å². The Kier molecular flexibility index (Phi) is 6.23. The van der Waals surface area contributed by atoms with Gasteiger partial charge in [-0.15, -0.1) is 12.4 Å². The van der Waals surface area contributed by atoms with Gasteiger partial charge in [0.2, 0.25) is 0 Å². The van der Waals surface area contributed by atoms with E-state index in [2.05, 4.69) is 17.3 Å². The number of methoxy groups -OCH3 is 1. The Morgan fingerprint density at radius 2 is 2.12 bits per heavy atom. The molecule has 0 unspecified atom stereocenters. The minimum Gasteiger partial charge on any atom is -0.497 e. The number of aromatic nitrogens is 2. The summed E-state index contributed by atoms with van der Waals surface area (Å²) >= 11 is 0. The maximum atomic E-state index is 12.6. The first-order valence-corrected chi connectivity index (χ1v) is 7.84. The number of carbonyl (C=O) groups excluding carboxylic acids is 1. The third-order valence-corrected chi connectivity index (χ3v) is 4.15. The summed E-state index contributed by atoms with van der Waals surface area (Å²) in [4.78, 5) is 14.5. The van der Waals surface area contributed by atoms with Gasteiger partial charge in [0.05, 0.1) is 25.4 Å². The number of nitrogens with one attached hydrogen (secondary N) is 1. The molecule has 1 amide bonds. The van der Waals surface area contributed by atoms with Gasteiger partial charge in [0.1, 0.15) is 5.75 Å². The lowest BCUT2D eigenvalue weighted by Crippen LogP contribution is -2.52.